The van der Waals surface area contributed by atoms with Gasteiger partial charge in [0.1, 0.15) is 5.75 Å². The van der Waals surface area contributed by atoms with E-state index in [9.17, 15) is 4.79 Å². The van der Waals surface area contributed by atoms with Crippen molar-refractivity contribution in [1.29, 1.82) is 0 Å². The van der Waals surface area contributed by atoms with Crippen LogP contribution in [0, 0.1) is 23.2 Å². The lowest BCUT2D eigenvalue weighted by atomic mass is 9.43. The molecule has 5 fully saturated rings. The van der Waals surface area contributed by atoms with Gasteiger partial charge in [-0.05, 0) is 128 Å². The van der Waals surface area contributed by atoms with Gasteiger partial charge in [0, 0.05) is 36.2 Å². The van der Waals surface area contributed by atoms with Gasteiger partial charge in [0.15, 0.2) is 0 Å². The van der Waals surface area contributed by atoms with E-state index in [1.165, 1.54) is 58.0 Å². The maximum Gasteiger partial charge on any atom is 0.254 e. The second kappa shape index (κ2) is 8.72. The lowest BCUT2D eigenvalue weighted by Gasteiger charge is -2.66. The van der Waals surface area contributed by atoms with Crippen molar-refractivity contribution in [3.05, 3.63) is 65.2 Å². The van der Waals surface area contributed by atoms with E-state index in [0.29, 0.717) is 29.3 Å². The fourth-order valence-electron chi connectivity index (χ4n) is 10.4. The molecule has 5 unspecified atom stereocenters. The van der Waals surface area contributed by atoms with Crippen LogP contribution in [0.15, 0.2) is 48.5 Å². The third-order valence-electron chi connectivity index (χ3n) is 13.2. The number of piperidine rings is 1. The van der Waals surface area contributed by atoms with E-state index in [4.69, 9.17) is 4.43 Å². The molecule has 6 aliphatic rings. The number of carbonyl (C=O) groups excluding carboxylic acids is 1. The van der Waals surface area contributed by atoms with E-state index in [2.05, 4.69) is 61.9 Å². The molecule has 8 rings (SSSR count). The number of carbonyl (C=O) groups is 1. The molecule has 2 saturated heterocycles. The summed E-state index contributed by atoms with van der Waals surface area (Å²) in [5, 5.41) is 0.170. The molecular formula is C36H48N2O2Si. The van der Waals surface area contributed by atoms with Crippen molar-refractivity contribution in [3.8, 4) is 5.75 Å². The molecule has 2 aromatic rings. The molecule has 4 aliphatic carbocycles. The molecule has 2 heterocycles. The number of fused-ring (bicyclic) bond motifs is 1. The van der Waals surface area contributed by atoms with Gasteiger partial charge in [-0.1, -0.05) is 45.0 Å². The Hall–Kier alpha value is -2.11. The van der Waals surface area contributed by atoms with Gasteiger partial charge in [0.05, 0.1) is 0 Å². The predicted molar refractivity (Wildman–Crippen MR) is 167 cm³/mol. The molecule has 2 aromatic carbocycles. The van der Waals surface area contributed by atoms with Crippen molar-refractivity contribution in [2.24, 2.45) is 23.2 Å². The average molecular weight is 569 g/mol. The smallest absolute Gasteiger partial charge is 0.254 e. The third kappa shape index (κ3) is 3.63. The van der Waals surface area contributed by atoms with Crippen molar-refractivity contribution >= 4 is 14.2 Å². The molecule has 5 heteroatoms. The van der Waals surface area contributed by atoms with Gasteiger partial charge in [0.2, 0.25) is 8.32 Å². The number of hydrogen-bond acceptors (Lipinski definition) is 3. The number of likely N-dealkylation sites (tertiary alicyclic amines) is 2. The van der Waals surface area contributed by atoms with Crippen LogP contribution in [0.1, 0.15) is 80.8 Å². The van der Waals surface area contributed by atoms with Crippen molar-refractivity contribution in [2.45, 2.75) is 101 Å². The summed E-state index contributed by atoms with van der Waals surface area (Å²) in [5.74, 6) is 3.44. The van der Waals surface area contributed by atoms with E-state index < -0.39 is 8.32 Å². The minimum absolute atomic E-state index is 0.164. The Bertz CT molecular complexity index is 1380. The van der Waals surface area contributed by atoms with Crippen LogP contribution in [-0.2, 0) is 11.8 Å². The first-order chi connectivity index (χ1) is 19.5. The largest absolute Gasteiger partial charge is 0.543 e. The quantitative estimate of drug-likeness (QED) is 0.355. The summed E-state index contributed by atoms with van der Waals surface area (Å²) < 4.78 is 6.97. The molecule has 4 bridgehead atoms. The molecule has 1 amide bonds. The Labute approximate surface area is 248 Å². The number of amides is 1. The normalized spacial score (nSPS) is 35.7. The van der Waals surface area contributed by atoms with Crippen molar-refractivity contribution < 1.29 is 9.22 Å². The molecule has 3 saturated carbocycles. The molecule has 6 atom stereocenters. The van der Waals surface area contributed by atoms with Crippen LogP contribution in [-0.4, -0.2) is 55.7 Å². The summed E-state index contributed by atoms with van der Waals surface area (Å²) in [5.41, 5.74) is 4.55. The Morgan fingerprint density at radius 2 is 1.83 bits per heavy atom. The second-order valence-corrected chi connectivity index (χ2v) is 20.9. The third-order valence-corrected chi connectivity index (χ3v) is 17.6. The Morgan fingerprint density at radius 3 is 2.56 bits per heavy atom. The zero-order valence-electron chi connectivity index (χ0n) is 25.8. The first-order valence-corrected chi connectivity index (χ1v) is 19.4. The van der Waals surface area contributed by atoms with Crippen molar-refractivity contribution in [2.75, 3.05) is 19.6 Å². The summed E-state index contributed by atoms with van der Waals surface area (Å²) >= 11 is 0. The van der Waals surface area contributed by atoms with E-state index in [1.807, 2.05) is 30.3 Å². The van der Waals surface area contributed by atoms with Gasteiger partial charge in [-0.3, -0.25) is 9.69 Å². The second-order valence-electron chi connectivity index (χ2n) is 16.1. The lowest BCUT2D eigenvalue weighted by Crippen LogP contribution is -2.70. The highest BCUT2D eigenvalue weighted by Gasteiger charge is 2.76. The van der Waals surface area contributed by atoms with Crippen LogP contribution in [0.5, 0.6) is 5.75 Å². The average Bonchev–Trinajstić information content (AvgIpc) is 3.63. The summed E-state index contributed by atoms with van der Waals surface area (Å²) in [6.07, 6.45) is 9.03. The van der Waals surface area contributed by atoms with Gasteiger partial charge in [0.25, 0.3) is 5.91 Å². The molecule has 0 aromatic heterocycles. The van der Waals surface area contributed by atoms with E-state index in [-0.39, 0.29) is 16.4 Å². The van der Waals surface area contributed by atoms with Crippen LogP contribution < -0.4 is 4.43 Å². The van der Waals surface area contributed by atoms with E-state index in [1.54, 1.807) is 11.1 Å². The van der Waals surface area contributed by atoms with Gasteiger partial charge in [-0.2, -0.15) is 0 Å². The number of benzene rings is 2. The first kappa shape index (κ1) is 26.5. The number of rotatable bonds is 5. The predicted octanol–water partition coefficient (Wildman–Crippen LogP) is 7.29. The topological polar surface area (TPSA) is 32.8 Å². The zero-order chi connectivity index (χ0) is 28.4. The minimum Gasteiger partial charge on any atom is -0.543 e. The number of nitrogens with zero attached hydrogens (tertiary/aromatic N) is 2. The van der Waals surface area contributed by atoms with E-state index >= 15 is 0 Å². The van der Waals surface area contributed by atoms with Gasteiger partial charge < -0.3 is 9.33 Å². The monoisotopic (exact) mass is 568 g/mol. The Kier molecular flexibility index (Phi) is 5.64. The molecule has 4 nitrogen and oxygen atoms in total. The molecule has 41 heavy (non-hydrogen) atoms. The molecule has 218 valence electrons. The Balaban J connectivity index is 1.23. The van der Waals surface area contributed by atoms with Gasteiger partial charge >= 0.3 is 0 Å². The maximum atomic E-state index is 13.9. The van der Waals surface area contributed by atoms with Crippen LogP contribution >= 0.6 is 0 Å². The van der Waals surface area contributed by atoms with Crippen LogP contribution in [0.3, 0.4) is 0 Å². The first-order valence-electron chi connectivity index (χ1n) is 16.5. The SMILES string of the molecule is CC(C)(C)[Si](C)(C)Oc1ccc2c(c1)C13CCN(CC4CC4)C(C2)C12CCC1C3[C@@H](CN1C(=O)c1ccccc1)C2. The highest BCUT2D eigenvalue weighted by Crippen LogP contribution is 2.75. The maximum absolute atomic E-state index is 13.9. The van der Waals surface area contributed by atoms with Gasteiger partial charge in [-0.25, -0.2) is 0 Å². The fraction of sp³-hybridized carbons (Fsp3) is 0.639. The Morgan fingerprint density at radius 1 is 1.05 bits per heavy atom. The number of hydrogen-bond donors (Lipinski definition) is 0. The van der Waals surface area contributed by atoms with E-state index in [0.717, 1.165) is 23.8 Å². The fourth-order valence-corrected chi connectivity index (χ4v) is 11.4. The van der Waals surface area contributed by atoms with Crippen LogP contribution in [0.25, 0.3) is 0 Å². The highest BCUT2D eigenvalue weighted by atomic mass is 28.4. The molecule has 0 radical (unpaired) electrons. The van der Waals surface area contributed by atoms with Crippen molar-refractivity contribution in [1.82, 2.24) is 9.80 Å². The summed E-state index contributed by atoms with van der Waals surface area (Å²) in [7, 11) is -1.95. The lowest BCUT2D eigenvalue weighted by molar-refractivity contribution is -0.102. The molecular weight excluding hydrogens is 520 g/mol. The van der Waals surface area contributed by atoms with Crippen LogP contribution in [0.4, 0.5) is 0 Å². The van der Waals surface area contributed by atoms with Crippen LogP contribution in [0.2, 0.25) is 18.1 Å². The molecule has 2 aliphatic heterocycles. The molecule has 0 N–H and O–H groups in total. The zero-order valence-corrected chi connectivity index (χ0v) is 26.8. The van der Waals surface area contributed by atoms with Crippen molar-refractivity contribution in [3.63, 3.8) is 0 Å². The highest BCUT2D eigenvalue weighted by molar-refractivity contribution is 6.74. The summed E-state index contributed by atoms with van der Waals surface area (Å²) in [6, 6.07) is 18.3. The minimum atomic E-state index is -1.95. The molecule has 0 spiro atoms. The summed E-state index contributed by atoms with van der Waals surface area (Å²) in [6.45, 7) is 15.2. The standard InChI is InChI=1S/C36H48N2O2Si/c1-34(2,3)41(4,5)40-28-14-13-26-19-31-35-16-15-30-32(27(21-35)23-38(30)33(39)25-9-7-6-8-10-25)36(35,29(26)20-28)17-18-37(31)22-24-11-12-24/h6-10,13-14,20,24,27,30-32H,11-12,15-19,21-23H2,1-5H3/t27-,30?,31?,32?,35?,36?/m1/s1. The summed E-state index contributed by atoms with van der Waals surface area (Å²) in [4.78, 5) is 19.2. The van der Waals surface area contributed by atoms with Gasteiger partial charge in [-0.15, -0.1) is 0 Å².